The van der Waals surface area contributed by atoms with E-state index in [9.17, 15) is 8.42 Å². The molecule has 0 aliphatic rings. The maximum atomic E-state index is 11.6. The van der Waals surface area contributed by atoms with Crippen LogP contribution in [0.5, 0.6) is 0 Å². The predicted octanol–water partition coefficient (Wildman–Crippen LogP) is 1.48. The summed E-state index contributed by atoms with van der Waals surface area (Å²) in [6, 6.07) is 0.372. The number of nitrogens with one attached hydrogen (secondary N) is 2. The van der Waals surface area contributed by atoms with Gasteiger partial charge >= 0.3 is 0 Å². The van der Waals surface area contributed by atoms with Gasteiger partial charge in [-0.2, -0.15) is 0 Å². The van der Waals surface area contributed by atoms with E-state index in [1.165, 1.54) is 0 Å². The predicted molar refractivity (Wildman–Crippen MR) is 69.0 cm³/mol. The van der Waals surface area contributed by atoms with Crippen molar-refractivity contribution in [3.8, 4) is 0 Å². The molecule has 1 unspecified atom stereocenters. The second kappa shape index (κ2) is 8.03. The first-order valence-electron chi connectivity index (χ1n) is 6.10. The summed E-state index contributed by atoms with van der Waals surface area (Å²) < 4.78 is 26.0. The minimum atomic E-state index is -3.12. The molecule has 0 aromatic rings. The molecule has 1 atom stereocenters. The Morgan fingerprint density at radius 1 is 1.19 bits per heavy atom. The molecule has 0 fully saturated rings. The summed E-state index contributed by atoms with van der Waals surface area (Å²) in [6.07, 6.45) is 3.07. The molecule has 16 heavy (non-hydrogen) atoms. The molecule has 0 aromatic carbocycles. The number of hydrogen-bond acceptors (Lipinski definition) is 3. The van der Waals surface area contributed by atoms with Crippen molar-refractivity contribution in [2.75, 3.05) is 12.3 Å². The van der Waals surface area contributed by atoms with Gasteiger partial charge in [-0.15, -0.1) is 0 Å². The number of rotatable bonds is 9. The maximum absolute atomic E-state index is 11.6. The summed E-state index contributed by atoms with van der Waals surface area (Å²) in [7, 11) is -3.12. The van der Waals surface area contributed by atoms with Gasteiger partial charge < -0.3 is 5.32 Å². The highest BCUT2D eigenvalue weighted by Gasteiger charge is 2.13. The average molecular weight is 250 g/mol. The molecule has 0 radical (unpaired) electrons. The Bertz CT molecular complexity index is 263. The molecular formula is C11H26N2O2S. The summed E-state index contributed by atoms with van der Waals surface area (Å²) in [5, 5.41) is 3.10. The molecule has 0 aliphatic heterocycles. The van der Waals surface area contributed by atoms with Crippen LogP contribution >= 0.6 is 0 Å². The number of sulfonamides is 1. The fourth-order valence-electron chi connectivity index (χ4n) is 1.42. The third kappa shape index (κ3) is 9.12. The zero-order valence-electron chi connectivity index (χ0n) is 10.9. The van der Waals surface area contributed by atoms with E-state index in [0.29, 0.717) is 12.6 Å². The van der Waals surface area contributed by atoms with Crippen molar-refractivity contribution in [2.24, 2.45) is 0 Å². The molecular weight excluding hydrogens is 224 g/mol. The Labute approximate surface area is 100 Å². The van der Waals surface area contributed by atoms with Crippen molar-refractivity contribution in [1.82, 2.24) is 10.0 Å². The average Bonchev–Trinajstić information content (AvgIpc) is 2.12. The third-order valence-corrected chi connectivity index (χ3v) is 3.80. The lowest BCUT2D eigenvalue weighted by Crippen LogP contribution is -2.38. The molecule has 2 N–H and O–H groups in total. The molecule has 0 spiro atoms. The van der Waals surface area contributed by atoms with Crippen LogP contribution in [0, 0.1) is 0 Å². The Morgan fingerprint density at radius 2 is 1.81 bits per heavy atom. The van der Waals surface area contributed by atoms with Crippen molar-refractivity contribution in [3.63, 3.8) is 0 Å². The molecule has 0 bridgehead atoms. The molecule has 0 rings (SSSR count). The lowest BCUT2D eigenvalue weighted by Gasteiger charge is -2.14. The van der Waals surface area contributed by atoms with Crippen molar-refractivity contribution >= 4 is 10.0 Å². The molecule has 0 aliphatic carbocycles. The number of hydrogen-bond donors (Lipinski definition) is 2. The van der Waals surface area contributed by atoms with Crippen molar-refractivity contribution in [3.05, 3.63) is 0 Å². The fourth-order valence-corrected chi connectivity index (χ4v) is 2.65. The van der Waals surface area contributed by atoms with Crippen LogP contribution in [0.15, 0.2) is 0 Å². The molecule has 0 saturated carbocycles. The van der Waals surface area contributed by atoms with Crippen molar-refractivity contribution in [1.29, 1.82) is 0 Å². The van der Waals surface area contributed by atoms with Gasteiger partial charge in [0.05, 0.1) is 5.75 Å². The van der Waals surface area contributed by atoms with Crippen LogP contribution in [0.4, 0.5) is 0 Å². The van der Waals surface area contributed by atoms with Crippen LogP contribution in [-0.4, -0.2) is 32.8 Å². The maximum Gasteiger partial charge on any atom is 0.213 e. The molecule has 0 saturated heterocycles. The summed E-state index contributed by atoms with van der Waals surface area (Å²) in [5.74, 6) is 0.154. The van der Waals surface area contributed by atoms with Crippen LogP contribution in [0.1, 0.15) is 47.0 Å². The monoisotopic (exact) mass is 250 g/mol. The molecule has 4 nitrogen and oxygen atoms in total. The number of unbranched alkanes of at least 4 members (excludes halogenated alkanes) is 1. The quantitative estimate of drug-likeness (QED) is 0.652. The van der Waals surface area contributed by atoms with Gasteiger partial charge in [0.15, 0.2) is 0 Å². The fraction of sp³-hybridized carbons (Fsp3) is 1.00. The van der Waals surface area contributed by atoms with Gasteiger partial charge in [0.25, 0.3) is 0 Å². The topological polar surface area (TPSA) is 58.2 Å². The molecule has 0 heterocycles. The van der Waals surface area contributed by atoms with E-state index in [2.05, 4.69) is 17.0 Å². The van der Waals surface area contributed by atoms with E-state index in [4.69, 9.17) is 0 Å². The zero-order valence-corrected chi connectivity index (χ0v) is 11.7. The van der Waals surface area contributed by atoms with E-state index in [1.807, 2.05) is 20.8 Å². The Kier molecular flexibility index (Phi) is 7.97. The highest BCUT2D eigenvalue weighted by molar-refractivity contribution is 7.89. The molecule has 0 aromatic heterocycles. The highest BCUT2D eigenvalue weighted by Crippen LogP contribution is 2.01. The van der Waals surface area contributed by atoms with Gasteiger partial charge in [0, 0.05) is 18.6 Å². The first kappa shape index (κ1) is 15.9. The van der Waals surface area contributed by atoms with E-state index in [1.54, 1.807) is 0 Å². The van der Waals surface area contributed by atoms with Crippen LogP contribution in [0.3, 0.4) is 0 Å². The van der Waals surface area contributed by atoms with Gasteiger partial charge in [-0.25, -0.2) is 13.1 Å². The lowest BCUT2D eigenvalue weighted by atomic mass is 10.2. The second-order valence-electron chi connectivity index (χ2n) is 4.59. The van der Waals surface area contributed by atoms with Gasteiger partial charge in [0.1, 0.15) is 0 Å². The normalized spacial score (nSPS) is 14.3. The van der Waals surface area contributed by atoms with Crippen molar-refractivity contribution < 1.29 is 8.42 Å². The van der Waals surface area contributed by atoms with Crippen LogP contribution < -0.4 is 10.0 Å². The first-order valence-corrected chi connectivity index (χ1v) is 7.76. The van der Waals surface area contributed by atoms with Crippen LogP contribution in [-0.2, 0) is 10.0 Å². The van der Waals surface area contributed by atoms with Crippen molar-refractivity contribution in [2.45, 2.75) is 59.0 Å². The minimum Gasteiger partial charge on any atom is -0.313 e. The Morgan fingerprint density at radius 3 is 2.31 bits per heavy atom. The van der Waals surface area contributed by atoms with Gasteiger partial charge in [0.2, 0.25) is 10.0 Å². The molecule has 0 amide bonds. The minimum absolute atomic E-state index is 0.0454. The SMILES string of the molecule is CCCCC(C)NS(=O)(=O)CCNC(C)C. The summed E-state index contributed by atoms with van der Waals surface area (Å²) >= 11 is 0. The molecule has 5 heteroatoms. The first-order chi connectivity index (χ1) is 7.37. The van der Waals surface area contributed by atoms with Gasteiger partial charge in [-0.3, -0.25) is 0 Å². The van der Waals surface area contributed by atoms with E-state index in [0.717, 1.165) is 19.3 Å². The largest absolute Gasteiger partial charge is 0.313 e. The van der Waals surface area contributed by atoms with Gasteiger partial charge in [-0.1, -0.05) is 33.6 Å². The highest BCUT2D eigenvalue weighted by atomic mass is 32.2. The summed E-state index contributed by atoms with van der Waals surface area (Å²) in [5.41, 5.74) is 0. The van der Waals surface area contributed by atoms with Gasteiger partial charge in [-0.05, 0) is 13.3 Å². The zero-order chi connectivity index (χ0) is 12.6. The second-order valence-corrected chi connectivity index (χ2v) is 6.46. The van der Waals surface area contributed by atoms with E-state index < -0.39 is 10.0 Å². The van der Waals surface area contributed by atoms with E-state index in [-0.39, 0.29) is 11.8 Å². The summed E-state index contributed by atoms with van der Waals surface area (Å²) in [4.78, 5) is 0. The Hall–Kier alpha value is -0.130. The Balaban J connectivity index is 3.85. The summed E-state index contributed by atoms with van der Waals surface area (Å²) in [6.45, 7) is 8.54. The molecule has 98 valence electrons. The smallest absolute Gasteiger partial charge is 0.213 e. The van der Waals surface area contributed by atoms with Crippen LogP contribution in [0.25, 0.3) is 0 Å². The third-order valence-electron chi connectivity index (χ3n) is 2.29. The van der Waals surface area contributed by atoms with E-state index >= 15 is 0 Å². The lowest BCUT2D eigenvalue weighted by molar-refractivity contribution is 0.529. The standard InChI is InChI=1S/C11H26N2O2S/c1-5-6-7-11(4)13-16(14,15)9-8-12-10(2)3/h10-13H,5-9H2,1-4H3. The van der Waals surface area contributed by atoms with Crippen LogP contribution in [0.2, 0.25) is 0 Å².